The zero-order chi connectivity index (χ0) is 30.4. The summed E-state index contributed by atoms with van der Waals surface area (Å²) in [6, 6.07) is 31.1. The molecular formula is C38H39F3N+. The molecule has 0 aliphatic heterocycles. The number of alkyl halides is 3. The normalized spacial score (nSPS) is 12.6. The Labute approximate surface area is 247 Å². The number of pyridine rings is 1. The molecule has 0 spiro atoms. The highest BCUT2D eigenvalue weighted by atomic mass is 19.4. The third-order valence-electron chi connectivity index (χ3n) is 8.43. The standard InChI is InChI=1S/C38H39F3N/c1-25-12-15-31(24-42(25)35-22-34(36(3,4)5)33-11-9-8-10-32(33)26(35)2)30-20-18-29(19-21-30)28-16-13-27(14-17-28)23-37(6,7)38(39,40)41/h8-22,24H,23H2,1-7H3/q+1. The van der Waals surface area contributed by atoms with E-state index in [1.807, 2.05) is 12.1 Å². The Bertz CT molecular complexity index is 1740. The number of rotatable bonds is 5. The van der Waals surface area contributed by atoms with Crippen molar-refractivity contribution in [2.45, 2.75) is 66.5 Å². The lowest BCUT2D eigenvalue weighted by molar-refractivity contribution is -0.602. The van der Waals surface area contributed by atoms with Gasteiger partial charge in [0.2, 0.25) is 5.69 Å². The number of nitrogens with zero attached hydrogens (tertiary/aromatic N) is 1. The molecule has 0 amide bonds. The van der Waals surface area contributed by atoms with Crippen LogP contribution in [0.4, 0.5) is 13.2 Å². The molecule has 4 heteroatoms. The molecule has 0 bridgehead atoms. The zero-order valence-corrected chi connectivity index (χ0v) is 25.5. The largest absolute Gasteiger partial charge is 0.394 e. The SMILES string of the molecule is Cc1c(-[n+]2cc(-c3ccc(-c4ccc(CC(C)(C)C(F)(F)F)cc4)cc3)ccc2C)cc(C(C)(C)C)c2ccccc12. The highest BCUT2D eigenvalue weighted by molar-refractivity contribution is 5.91. The minimum absolute atomic E-state index is 0.00328. The van der Waals surface area contributed by atoms with Gasteiger partial charge in [0.05, 0.1) is 5.41 Å². The molecule has 1 aromatic heterocycles. The van der Waals surface area contributed by atoms with E-state index in [0.717, 1.165) is 27.9 Å². The number of fused-ring (bicyclic) bond motifs is 1. The van der Waals surface area contributed by atoms with Gasteiger partial charge in [-0.15, -0.1) is 0 Å². The van der Waals surface area contributed by atoms with Crippen molar-refractivity contribution >= 4 is 10.8 Å². The van der Waals surface area contributed by atoms with Gasteiger partial charge in [-0.05, 0) is 63.4 Å². The lowest BCUT2D eigenvalue weighted by atomic mass is 9.82. The van der Waals surface area contributed by atoms with Crippen LogP contribution in [0, 0.1) is 19.3 Å². The van der Waals surface area contributed by atoms with E-state index in [9.17, 15) is 13.2 Å². The van der Waals surface area contributed by atoms with Gasteiger partial charge in [0.15, 0.2) is 11.9 Å². The number of benzene rings is 4. The summed E-state index contributed by atoms with van der Waals surface area (Å²) in [6.07, 6.45) is -2.07. The van der Waals surface area contributed by atoms with Gasteiger partial charge in [0.1, 0.15) is 0 Å². The summed E-state index contributed by atoms with van der Waals surface area (Å²) in [5.74, 6) is 0. The molecule has 0 unspecified atom stereocenters. The quantitative estimate of drug-likeness (QED) is 0.186. The Morgan fingerprint density at radius 2 is 1.12 bits per heavy atom. The number of aryl methyl sites for hydroxylation is 2. The molecule has 0 atom stereocenters. The summed E-state index contributed by atoms with van der Waals surface area (Å²) in [5.41, 5.74) is 8.06. The van der Waals surface area contributed by atoms with E-state index in [2.05, 4.69) is 112 Å². The fraction of sp³-hybridized carbons (Fsp3) is 0.289. The Hall–Kier alpha value is -3.92. The van der Waals surface area contributed by atoms with E-state index in [1.54, 1.807) is 12.1 Å². The molecule has 0 saturated carbocycles. The molecule has 4 aromatic carbocycles. The van der Waals surface area contributed by atoms with Gasteiger partial charge in [0, 0.05) is 30.2 Å². The molecular weight excluding hydrogens is 527 g/mol. The summed E-state index contributed by atoms with van der Waals surface area (Å²) >= 11 is 0. The molecule has 0 saturated heterocycles. The van der Waals surface area contributed by atoms with Crippen LogP contribution in [0.5, 0.6) is 0 Å². The van der Waals surface area contributed by atoms with Crippen LogP contribution in [0.1, 0.15) is 57.0 Å². The lowest BCUT2D eigenvalue weighted by Gasteiger charge is -2.27. The monoisotopic (exact) mass is 566 g/mol. The Morgan fingerprint density at radius 3 is 1.67 bits per heavy atom. The number of aromatic nitrogens is 1. The molecule has 5 aromatic rings. The van der Waals surface area contributed by atoms with Gasteiger partial charge in [0.25, 0.3) is 0 Å². The average molecular weight is 567 g/mol. The van der Waals surface area contributed by atoms with Crippen LogP contribution in [0.15, 0.2) is 97.2 Å². The average Bonchev–Trinajstić information content (AvgIpc) is 2.93. The van der Waals surface area contributed by atoms with Crippen LogP contribution in [0.3, 0.4) is 0 Å². The third kappa shape index (κ3) is 5.72. The van der Waals surface area contributed by atoms with Crippen molar-refractivity contribution in [2.75, 3.05) is 0 Å². The predicted molar refractivity (Wildman–Crippen MR) is 168 cm³/mol. The van der Waals surface area contributed by atoms with Crippen molar-refractivity contribution in [2.24, 2.45) is 5.41 Å². The molecule has 5 rings (SSSR count). The first-order valence-corrected chi connectivity index (χ1v) is 14.5. The number of hydrogen-bond donors (Lipinski definition) is 0. The van der Waals surface area contributed by atoms with E-state index in [4.69, 9.17) is 0 Å². The second kappa shape index (κ2) is 10.7. The number of hydrogen-bond acceptors (Lipinski definition) is 0. The maximum Gasteiger partial charge on any atom is 0.394 e. The Kier molecular flexibility index (Phi) is 7.55. The van der Waals surface area contributed by atoms with E-state index < -0.39 is 11.6 Å². The van der Waals surface area contributed by atoms with Gasteiger partial charge in [-0.2, -0.15) is 17.7 Å². The molecule has 1 nitrogen and oxygen atoms in total. The van der Waals surface area contributed by atoms with Crippen LogP contribution in [0.2, 0.25) is 0 Å². The minimum atomic E-state index is -4.24. The first-order chi connectivity index (χ1) is 19.7. The van der Waals surface area contributed by atoms with Crippen LogP contribution in [-0.4, -0.2) is 6.18 Å². The maximum absolute atomic E-state index is 13.3. The zero-order valence-electron chi connectivity index (χ0n) is 25.5. The smallest absolute Gasteiger partial charge is 0.171 e. The molecule has 1 heterocycles. The molecule has 216 valence electrons. The topological polar surface area (TPSA) is 3.88 Å². The van der Waals surface area contributed by atoms with Gasteiger partial charge in [-0.25, -0.2) is 0 Å². The van der Waals surface area contributed by atoms with Crippen molar-refractivity contribution in [1.29, 1.82) is 0 Å². The second-order valence-electron chi connectivity index (χ2n) is 13.1. The first kappa shape index (κ1) is 29.6. The molecule has 0 aliphatic rings. The predicted octanol–water partition coefficient (Wildman–Crippen LogP) is 10.5. The van der Waals surface area contributed by atoms with Crippen molar-refractivity contribution < 1.29 is 17.7 Å². The number of halogens is 3. The fourth-order valence-corrected chi connectivity index (χ4v) is 5.66. The van der Waals surface area contributed by atoms with Gasteiger partial charge >= 0.3 is 6.18 Å². The van der Waals surface area contributed by atoms with Crippen molar-refractivity contribution in [3.8, 4) is 27.9 Å². The van der Waals surface area contributed by atoms with Crippen molar-refractivity contribution in [3.05, 3.63) is 120 Å². The van der Waals surface area contributed by atoms with E-state index >= 15 is 0 Å². The van der Waals surface area contributed by atoms with Crippen LogP contribution < -0.4 is 4.57 Å². The Morgan fingerprint density at radius 1 is 0.619 bits per heavy atom. The second-order valence-corrected chi connectivity index (χ2v) is 13.1. The van der Waals surface area contributed by atoms with Crippen LogP contribution >= 0.6 is 0 Å². The summed E-state index contributed by atoms with van der Waals surface area (Å²) < 4.78 is 42.3. The van der Waals surface area contributed by atoms with Gasteiger partial charge in [-0.3, -0.25) is 0 Å². The van der Waals surface area contributed by atoms with E-state index in [1.165, 1.54) is 41.4 Å². The highest BCUT2D eigenvalue weighted by Gasteiger charge is 2.46. The Balaban J connectivity index is 1.47. The fourth-order valence-electron chi connectivity index (χ4n) is 5.66. The molecule has 0 fully saturated rings. The molecule has 0 N–H and O–H groups in total. The lowest BCUT2D eigenvalue weighted by Crippen LogP contribution is -2.35. The van der Waals surface area contributed by atoms with Crippen LogP contribution in [0.25, 0.3) is 38.7 Å². The van der Waals surface area contributed by atoms with E-state index in [0.29, 0.717) is 5.56 Å². The highest BCUT2D eigenvalue weighted by Crippen LogP contribution is 2.40. The van der Waals surface area contributed by atoms with Crippen LogP contribution in [-0.2, 0) is 11.8 Å². The summed E-state index contributed by atoms with van der Waals surface area (Å²) in [5, 5.41) is 2.57. The summed E-state index contributed by atoms with van der Waals surface area (Å²) in [7, 11) is 0. The van der Waals surface area contributed by atoms with Crippen molar-refractivity contribution in [3.63, 3.8) is 0 Å². The van der Waals surface area contributed by atoms with Gasteiger partial charge in [-0.1, -0.05) is 107 Å². The summed E-state index contributed by atoms with van der Waals surface area (Å²) in [6.45, 7) is 13.6. The molecule has 0 aliphatic carbocycles. The molecule has 0 radical (unpaired) electrons. The van der Waals surface area contributed by atoms with Gasteiger partial charge < -0.3 is 0 Å². The van der Waals surface area contributed by atoms with E-state index in [-0.39, 0.29) is 11.8 Å². The third-order valence-corrected chi connectivity index (χ3v) is 8.43. The summed E-state index contributed by atoms with van der Waals surface area (Å²) in [4.78, 5) is 0. The molecule has 42 heavy (non-hydrogen) atoms. The maximum atomic E-state index is 13.3. The minimum Gasteiger partial charge on any atom is -0.171 e. The van der Waals surface area contributed by atoms with Crippen molar-refractivity contribution in [1.82, 2.24) is 0 Å². The first-order valence-electron chi connectivity index (χ1n) is 14.5.